The topological polar surface area (TPSA) is 49.8 Å². The molecule has 4 heteroatoms. The zero-order valence-corrected chi connectivity index (χ0v) is 13.0. The van der Waals surface area contributed by atoms with E-state index in [2.05, 4.69) is 0 Å². The number of ether oxygens (including phenoxy) is 1. The first-order valence-electron chi connectivity index (χ1n) is 7.72. The largest absolute Gasteiger partial charge is 0.494 e. The summed E-state index contributed by atoms with van der Waals surface area (Å²) in [4.78, 5) is 13.7. The second-order valence-electron chi connectivity index (χ2n) is 5.99. The molecule has 1 fully saturated rings. The third kappa shape index (κ3) is 4.46. The molecule has 21 heavy (non-hydrogen) atoms. The van der Waals surface area contributed by atoms with Crippen LogP contribution < -0.4 is 4.74 Å². The van der Waals surface area contributed by atoms with Gasteiger partial charge in [0.2, 0.25) is 5.91 Å². The van der Waals surface area contributed by atoms with E-state index < -0.39 is 5.60 Å². The van der Waals surface area contributed by atoms with Crippen LogP contribution in [0.25, 0.3) is 0 Å². The van der Waals surface area contributed by atoms with Crippen LogP contribution in [0, 0.1) is 6.92 Å². The number of hydrogen-bond acceptors (Lipinski definition) is 3. The molecule has 1 aromatic carbocycles. The van der Waals surface area contributed by atoms with Crippen LogP contribution in [0.1, 0.15) is 38.2 Å². The number of hydrogen-bond donors (Lipinski definition) is 1. The van der Waals surface area contributed by atoms with Gasteiger partial charge in [0.1, 0.15) is 5.75 Å². The van der Waals surface area contributed by atoms with Crippen molar-refractivity contribution in [2.24, 2.45) is 0 Å². The Balaban J connectivity index is 1.61. The summed E-state index contributed by atoms with van der Waals surface area (Å²) in [6.45, 7) is 5.60. The highest BCUT2D eigenvalue weighted by atomic mass is 16.5. The van der Waals surface area contributed by atoms with Gasteiger partial charge in [-0.3, -0.25) is 4.79 Å². The minimum absolute atomic E-state index is 0.114. The van der Waals surface area contributed by atoms with Crippen molar-refractivity contribution in [1.29, 1.82) is 0 Å². The van der Waals surface area contributed by atoms with E-state index in [0.29, 0.717) is 32.5 Å². The Labute approximate surface area is 126 Å². The minimum atomic E-state index is -0.636. The Bertz CT molecular complexity index is 463. The Kier molecular flexibility index (Phi) is 5.23. The predicted octanol–water partition coefficient (Wildman–Crippen LogP) is 2.53. The van der Waals surface area contributed by atoms with Crippen molar-refractivity contribution in [3.63, 3.8) is 0 Å². The Morgan fingerprint density at radius 2 is 2.00 bits per heavy atom. The molecule has 1 amide bonds. The van der Waals surface area contributed by atoms with Gasteiger partial charge < -0.3 is 14.7 Å². The van der Waals surface area contributed by atoms with Gasteiger partial charge in [-0.1, -0.05) is 31.0 Å². The van der Waals surface area contributed by atoms with Gasteiger partial charge in [-0.05, 0) is 31.9 Å². The number of carbonyl (C=O) groups is 1. The summed E-state index contributed by atoms with van der Waals surface area (Å²) in [6.07, 6.45) is 2.90. The average molecular weight is 291 g/mol. The molecule has 1 saturated heterocycles. The molecule has 0 atom stereocenters. The van der Waals surface area contributed by atoms with E-state index in [0.717, 1.165) is 18.6 Å². The van der Waals surface area contributed by atoms with Crippen LogP contribution in [0.15, 0.2) is 24.3 Å². The van der Waals surface area contributed by atoms with Crippen LogP contribution in [-0.4, -0.2) is 41.2 Å². The number of amides is 1. The van der Waals surface area contributed by atoms with Crippen LogP contribution >= 0.6 is 0 Å². The number of aliphatic hydroxyl groups is 1. The molecule has 1 N–H and O–H groups in total. The molecule has 1 heterocycles. The number of aryl methyl sites for hydroxylation is 1. The molecule has 0 spiro atoms. The van der Waals surface area contributed by atoms with Crippen LogP contribution in [0.5, 0.6) is 5.75 Å². The lowest BCUT2D eigenvalue weighted by molar-refractivity contribution is -0.156. The highest BCUT2D eigenvalue weighted by Crippen LogP contribution is 2.26. The summed E-state index contributed by atoms with van der Waals surface area (Å²) in [6, 6.07) is 7.90. The molecule has 116 valence electrons. The highest BCUT2D eigenvalue weighted by molar-refractivity contribution is 5.77. The molecule has 1 aromatic rings. The van der Waals surface area contributed by atoms with Crippen molar-refractivity contribution in [2.75, 3.05) is 19.7 Å². The number of benzene rings is 1. The lowest BCUT2D eigenvalue weighted by atomic mass is 9.89. The Morgan fingerprint density at radius 3 is 2.62 bits per heavy atom. The number of rotatable bonds is 7. The van der Waals surface area contributed by atoms with E-state index in [-0.39, 0.29) is 5.91 Å². The second-order valence-corrected chi connectivity index (χ2v) is 5.99. The maximum absolute atomic E-state index is 11.9. The number of carbonyl (C=O) groups excluding carboxylic acids is 1. The zero-order valence-electron chi connectivity index (χ0n) is 13.0. The van der Waals surface area contributed by atoms with Crippen molar-refractivity contribution in [1.82, 2.24) is 4.90 Å². The van der Waals surface area contributed by atoms with Crippen LogP contribution in [0.4, 0.5) is 0 Å². The fraction of sp³-hybridized carbons (Fsp3) is 0.588. The molecule has 0 aliphatic carbocycles. The number of likely N-dealkylation sites (tertiary alicyclic amines) is 1. The van der Waals surface area contributed by atoms with Gasteiger partial charge in [-0.25, -0.2) is 0 Å². The molecule has 1 aliphatic heterocycles. The molecule has 2 rings (SSSR count). The van der Waals surface area contributed by atoms with Gasteiger partial charge in [-0.2, -0.15) is 0 Å². The van der Waals surface area contributed by atoms with Gasteiger partial charge in [-0.15, -0.1) is 0 Å². The van der Waals surface area contributed by atoms with Gasteiger partial charge in [0.05, 0.1) is 25.3 Å². The minimum Gasteiger partial charge on any atom is -0.494 e. The standard InChI is InChI=1S/C17H25NO3/c1-3-10-17(20)12-18(13-17)16(19)5-4-11-21-15-8-6-14(2)7-9-15/h6-9,20H,3-5,10-13H2,1-2H3. The Morgan fingerprint density at radius 1 is 1.33 bits per heavy atom. The number of nitrogens with zero attached hydrogens (tertiary/aromatic N) is 1. The molecule has 4 nitrogen and oxygen atoms in total. The summed E-state index contributed by atoms with van der Waals surface area (Å²) in [5.74, 6) is 0.956. The van der Waals surface area contributed by atoms with E-state index in [9.17, 15) is 9.90 Å². The number of β-amino-alcohol motifs (C(OH)–C–C–N with tert-alkyl or cyclic N) is 1. The monoisotopic (exact) mass is 291 g/mol. The molecule has 0 bridgehead atoms. The summed E-state index contributed by atoms with van der Waals surface area (Å²) in [7, 11) is 0. The first-order chi connectivity index (χ1) is 10.0. The van der Waals surface area contributed by atoms with Crippen molar-refractivity contribution in [3.05, 3.63) is 29.8 Å². The normalized spacial score (nSPS) is 16.4. The third-order valence-electron chi connectivity index (χ3n) is 3.86. The quantitative estimate of drug-likeness (QED) is 0.785. The first kappa shape index (κ1) is 15.8. The lowest BCUT2D eigenvalue weighted by Gasteiger charge is -2.46. The second kappa shape index (κ2) is 6.94. The van der Waals surface area contributed by atoms with Gasteiger partial charge in [0, 0.05) is 6.42 Å². The maximum Gasteiger partial charge on any atom is 0.222 e. The molecular formula is C17H25NO3. The van der Waals surface area contributed by atoms with E-state index in [1.54, 1.807) is 4.90 Å². The van der Waals surface area contributed by atoms with Crippen LogP contribution in [0.3, 0.4) is 0 Å². The summed E-state index contributed by atoms with van der Waals surface area (Å²) in [5, 5.41) is 10.1. The van der Waals surface area contributed by atoms with Gasteiger partial charge in [0.25, 0.3) is 0 Å². The van der Waals surface area contributed by atoms with E-state index in [1.165, 1.54) is 5.56 Å². The molecule has 0 unspecified atom stereocenters. The fourth-order valence-corrected chi connectivity index (χ4v) is 2.67. The Hall–Kier alpha value is -1.55. The smallest absolute Gasteiger partial charge is 0.222 e. The summed E-state index contributed by atoms with van der Waals surface area (Å²) < 4.78 is 5.60. The summed E-state index contributed by atoms with van der Waals surface area (Å²) >= 11 is 0. The van der Waals surface area contributed by atoms with E-state index in [1.807, 2.05) is 38.1 Å². The zero-order chi connectivity index (χ0) is 15.3. The maximum atomic E-state index is 11.9. The van der Waals surface area contributed by atoms with E-state index in [4.69, 9.17) is 4.74 Å². The fourth-order valence-electron chi connectivity index (χ4n) is 2.67. The third-order valence-corrected chi connectivity index (χ3v) is 3.86. The van der Waals surface area contributed by atoms with E-state index >= 15 is 0 Å². The lowest BCUT2D eigenvalue weighted by Crippen LogP contribution is -2.63. The summed E-state index contributed by atoms with van der Waals surface area (Å²) in [5.41, 5.74) is 0.567. The van der Waals surface area contributed by atoms with Crippen LogP contribution in [0.2, 0.25) is 0 Å². The predicted molar refractivity (Wildman–Crippen MR) is 82.3 cm³/mol. The SMILES string of the molecule is CCCC1(O)CN(C(=O)CCCOc2ccc(C)cc2)C1. The molecule has 0 saturated carbocycles. The molecule has 0 aromatic heterocycles. The van der Waals surface area contributed by atoms with Crippen LogP contribution in [-0.2, 0) is 4.79 Å². The van der Waals surface area contributed by atoms with Crippen molar-refractivity contribution >= 4 is 5.91 Å². The van der Waals surface area contributed by atoms with Crippen molar-refractivity contribution in [2.45, 2.75) is 45.1 Å². The van der Waals surface area contributed by atoms with Gasteiger partial charge in [0.15, 0.2) is 0 Å². The average Bonchev–Trinajstić information content (AvgIpc) is 2.43. The first-order valence-corrected chi connectivity index (χ1v) is 7.72. The molecular weight excluding hydrogens is 266 g/mol. The van der Waals surface area contributed by atoms with Crippen molar-refractivity contribution in [3.8, 4) is 5.75 Å². The van der Waals surface area contributed by atoms with Gasteiger partial charge >= 0.3 is 0 Å². The highest BCUT2D eigenvalue weighted by Gasteiger charge is 2.42. The molecule has 1 aliphatic rings. The van der Waals surface area contributed by atoms with Crippen molar-refractivity contribution < 1.29 is 14.6 Å². The molecule has 0 radical (unpaired) electrons.